The van der Waals surface area contributed by atoms with Gasteiger partial charge < -0.3 is 10.4 Å². The summed E-state index contributed by atoms with van der Waals surface area (Å²) in [6, 6.07) is 2.05. The standard InChI is InChI=1S/C14H17N3O2S/c1-9-6-10-11(16-8-17-12(10)20-9)15-7-14(13(18)19)4-2-3-5-14/h6,8H,2-5,7H2,1H3,(H,18,19)(H,15,16,17). The molecular formula is C14H17N3O2S. The van der Waals surface area contributed by atoms with E-state index in [2.05, 4.69) is 15.3 Å². The highest BCUT2D eigenvalue weighted by atomic mass is 32.1. The van der Waals surface area contributed by atoms with Crippen molar-refractivity contribution in [3.8, 4) is 0 Å². The van der Waals surface area contributed by atoms with Crippen LogP contribution in [-0.2, 0) is 4.79 Å². The van der Waals surface area contributed by atoms with Crippen LogP contribution in [0.3, 0.4) is 0 Å². The van der Waals surface area contributed by atoms with Gasteiger partial charge in [-0.05, 0) is 25.8 Å². The van der Waals surface area contributed by atoms with E-state index in [0.29, 0.717) is 6.54 Å². The topological polar surface area (TPSA) is 75.1 Å². The van der Waals surface area contributed by atoms with E-state index in [-0.39, 0.29) is 0 Å². The van der Waals surface area contributed by atoms with Gasteiger partial charge in [-0.1, -0.05) is 12.8 Å². The summed E-state index contributed by atoms with van der Waals surface area (Å²) in [4.78, 5) is 22.2. The first-order valence-electron chi connectivity index (χ1n) is 6.79. The number of rotatable bonds is 4. The first kappa shape index (κ1) is 13.3. The Kier molecular flexibility index (Phi) is 3.33. The Bertz CT molecular complexity index is 647. The molecule has 1 saturated carbocycles. The third kappa shape index (κ3) is 2.24. The minimum absolute atomic E-state index is 0.434. The molecule has 3 rings (SSSR count). The Morgan fingerprint density at radius 1 is 1.45 bits per heavy atom. The average Bonchev–Trinajstić information content (AvgIpc) is 3.02. The molecule has 2 aromatic rings. The largest absolute Gasteiger partial charge is 0.481 e. The maximum absolute atomic E-state index is 11.5. The molecule has 2 heterocycles. The summed E-state index contributed by atoms with van der Waals surface area (Å²) in [5.74, 6) is 0.0428. The van der Waals surface area contributed by atoms with Gasteiger partial charge in [-0.15, -0.1) is 11.3 Å². The van der Waals surface area contributed by atoms with E-state index >= 15 is 0 Å². The molecule has 0 spiro atoms. The van der Waals surface area contributed by atoms with Crippen molar-refractivity contribution in [2.24, 2.45) is 5.41 Å². The molecule has 20 heavy (non-hydrogen) atoms. The molecule has 2 aromatic heterocycles. The maximum Gasteiger partial charge on any atom is 0.311 e. The number of hydrogen-bond acceptors (Lipinski definition) is 5. The fraction of sp³-hybridized carbons (Fsp3) is 0.500. The molecule has 1 aliphatic carbocycles. The van der Waals surface area contributed by atoms with Crippen LogP contribution in [0.4, 0.5) is 5.82 Å². The number of anilines is 1. The van der Waals surface area contributed by atoms with Crippen LogP contribution >= 0.6 is 11.3 Å². The second-order valence-corrected chi connectivity index (χ2v) is 6.68. The Morgan fingerprint density at radius 2 is 2.20 bits per heavy atom. The molecule has 2 N–H and O–H groups in total. The summed E-state index contributed by atoms with van der Waals surface area (Å²) < 4.78 is 0. The molecule has 0 bridgehead atoms. The quantitative estimate of drug-likeness (QED) is 0.905. The predicted molar refractivity (Wildman–Crippen MR) is 79.2 cm³/mol. The van der Waals surface area contributed by atoms with Crippen LogP contribution in [0.2, 0.25) is 0 Å². The normalized spacial score (nSPS) is 17.4. The SMILES string of the molecule is Cc1cc2c(NCC3(C(=O)O)CCCC3)ncnc2s1. The van der Waals surface area contributed by atoms with Crippen LogP contribution in [0.15, 0.2) is 12.4 Å². The zero-order valence-corrected chi connectivity index (χ0v) is 12.2. The molecule has 0 radical (unpaired) electrons. The number of aromatic nitrogens is 2. The molecule has 0 amide bonds. The van der Waals surface area contributed by atoms with Gasteiger partial charge in [-0.3, -0.25) is 4.79 Å². The highest BCUT2D eigenvalue weighted by molar-refractivity contribution is 7.18. The van der Waals surface area contributed by atoms with Crippen LogP contribution < -0.4 is 5.32 Å². The van der Waals surface area contributed by atoms with E-state index in [0.717, 1.165) is 41.7 Å². The van der Waals surface area contributed by atoms with Crippen LogP contribution in [0.25, 0.3) is 10.2 Å². The Labute approximate surface area is 121 Å². The molecule has 0 unspecified atom stereocenters. The molecule has 0 saturated heterocycles. The van der Waals surface area contributed by atoms with Crippen LogP contribution in [-0.4, -0.2) is 27.6 Å². The Morgan fingerprint density at radius 3 is 2.90 bits per heavy atom. The zero-order valence-electron chi connectivity index (χ0n) is 11.3. The number of carboxylic acid groups (broad SMARTS) is 1. The van der Waals surface area contributed by atoms with Crippen molar-refractivity contribution in [2.45, 2.75) is 32.6 Å². The predicted octanol–water partition coefficient (Wildman–Crippen LogP) is 3.06. The minimum atomic E-state index is -0.700. The summed E-state index contributed by atoms with van der Waals surface area (Å²) in [6.07, 6.45) is 5.00. The summed E-state index contributed by atoms with van der Waals surface area (Å²) in [7, 11) is 0. The highest BCUT2D eigenvalue weighted by Gasteiger charge is 2.41. The molecule has 0 aromatic carbocycles. The lowest BCUT2D eigenvalue weighted by molar-refractivity contribution is -0.147. The molecule has 0 atom stereocenters. The molecule has 106 valence electrons. The lowest BCUT2D eigenvalue weighted by atomic mass is 9.86. The summed E-state index contributed by atoms with van der Waals surface area (Å²) in [5, 5.41) is 13.7. The lowest BCUT2D eigenvalue weighted by Crippen LogP contribution is -2.35. The number of fused-ring (bicyclic) bond motifs is 1. The number of nitrogens with one attached hydrogen (secondary N) is 1. The molecule has 0 aliphatic heterocycles. The third-order valence-corrected chi connectivity index (χ3v) is 5.02. The number of carbonyl (C=O) groups is 1. The van der Waals surface area contributed by atoms with Crippen LogP contribution in [0.5, 0.6) is 0 Å². The Balaban J connectivity index is 1.84. The molecule has 5 nitrogen and oxygen atoms in total. The number of aryl methyl sites for hydroxylation is 1. The second kappa shape index (κ2) is 5.01. The fourth-order valence-corrected chi connectivity index (χ4v) is 3.74. The Hall–Kier alpha value is -1.69. The van der Waals surface area contributed by atoms with Gasteiger partial charge in [0, 0.05) is 11.4 Å². The molecule has 6 heteroatoms. The first-order chi connectivity index (χ1) is 9.61. The number of thiophene rings is 1. The van der Waals surface area contributed by atoms with Gasteiger partial charge in [-0.2, -0.15) is 0 Å². The van der Waals surface area contributed by atoms with E-state index in [1.807, 2.05) is 13.0 Å². The van der Waals surface area contributed by atoms with Gasteiger partial charge in [0.2, 0.25) is 0 Å². The summed E-state index contributed by atoms with van der Waals surface area (Å²) in [5.41, 5.74) is -0.637. The van der Waals surface area contributed by atoms with E-state index in [1.54, 1.807) is 11.3 Å². The fourth-order valence-electron chi connectivity index (χ4n) is 2.89. The van der Waals surface area contributed by atoms with Gasteiger partial charge in [0.05, 0.1) is 10.8 Å². The highest BCUT2D eigenvalue weighted by Crippen LogP contribution is 2.39. The number of carboxylic acids is 1. The van der Waals surface area contributed by atoms with E-state index < -0.39 is 11.4 Å². The zero-order chi connectivity index (χ0) is 14.2. The van der Waals surface area contributed by atoms with Gasteiger partial charge in [0.1, 0.15) is 17.0 Å². The van der Waals surface area contributed by atoms with E-state index in [1.165, 1.54) is 11.2 Å². The van der Waals surface area contributed by atoms with Crippen LogP contribution in [0.1, 0.15) is 30.6 Å². The monoisotopic (exact) mass is 291 g/mol. The van der Waals surface area contributed by atoms with Gasteiger partial charge >= 0.3 is 5.97 Å². The van der Waals surface area contributed by atoms with Crippen LogP contribution in [0, 0.1) is 12.3 Å². The summed E-state index contributed by atoms with van der Waals surface area (Å²) in [6.45, 7) is 2.47. The number of aliphatic carboxylic acids is 1. The minimum Gasteiger partial charge on any atom is -0.481 e. The van der Waals surface area contributed by atoms with Gasteiger partial charge in [0.25, 0.3) is 0 Å². The molecule has 1 aliphatic rings. The van der Waals surface area contributed by atoms with E-state index in [9.17, 15) is 9.90 Å². The lowest BCUT2D eigenvalue weighted by Gasteiger charge is -2.24. The number of hydrogen-bond donors (Lipinski definition) is 2. The number of nitrogens with zero attached hydrogens (tertiary/aromatic N) is 2. The first-order valence-corrected chi connectivity index (χ1v) is 7.61. The van der Waals surface area contributed by atoms with Crippen molar-refractivity contribution in [1.82, 2.24) is 9.97 Å². The average molecular weight is 291 g/mol. The van der Waals surface area contributed by atoms with Crippen molar-refractivity contribution >= 4 is 33.3 Å². The van der Waals surface area contributed by atoms with Crippen molar-refractivity contribution in [2.75, 3.05) is 11.9 Å². The van der Waals surface area contributed by atoms with Gasteiger partial charge in [0.15, 0.2) is 0 Å². The van der Waals surface area contributed by atoms with Crippen molar-refractivity contribution in [3.63, 3.8) is 0 Å². The maximum atomic E-state index is 11.5. The molecular weight excluding hydrogens is 274 g/mol. The van der Waals surface area contributed by atoms with Crippen molar-refractivity contribution in [3.05, 3.63) is 17.3 Å². The smallest absolute Gasteiger partial charge is 0.311 e. The van der Waals surface area contributed by atoms with Gasteiger partial charge in [-0.25, -0.2) is 9.97 Å². The third-order valence-electron chi connectivity index (χ3n) is 4.06. The summed E-state index contributed by atoms with van der Waals surface area (Å²) >= 11 is 1.62. The van der Waals surface area contributed by atoms with Crippen molar-refractivity contribution in [1.29, 1.82) is 0 Å². The van der Waals surface area contributed by atoms with Crippen molar-refractivity contribution < 1.29 is 9.90 Å². The second-order valence-electron chi connectivity index (χ2n) is 5.44. The van der Waals surface area contributed by atoms with E-state index in [4.69, 9.17) is 0 Å². The molecule has 1 fully saturated rings.